The zero-order valence-corrected chi connectivity index (χ0v) is 19.5. The maximum absolute atomic E-state index is 10.3. The summed E-state index contributed by atoms with van der Waals surface area (Å²) < 4.78 is 0. The van der Waals surface area contributed by atoms with E-state index in [4.69, 9.17) is 0 Å². The molecule has 2 N–H and O–H groups in total. The molecule has 6 rings (SSSR count). The first-order valence-electron chi connectivity index (χ1n) is 12.9. The van der Waals surface area contributed by atoms with Crippen molar-refractivity contribution in [2.45, 2.75) is 63.5 Å². The molecule has 1 aliphatic heterocycles. The number of rotatable bonds is 9. The van der Waals surface area contributed by atoms with Crippen LogP contribution in [0.3, 0.4) is 0 Å². The molecule has 0 aromatic heterocycles. The highest BCUT2D eigenvalue weighted by molar-refractivity contribution is 5.16. The lowest BCUT2D eigenvalue weighted by Gasteiger charge is -2.57. The second-order valence-corrected chi connectivity index (χ2v) is 11.4. The number of piperazine rings is 1. The SMILES string of the molecule is CNC[C@@H](Cc1ccccc1)N1CCN(CCC23CC4CC(CC(C4)C2)C3)[C@H](CO)C1. The van der Waals surface area contributed by atoms with Gasteiger partial charge in [0.15, 0.2) is 0 Å². The highest BCUT2D eigenvalue weighted by atomic mass is 16.3. The number of hydrogen-bond acceptors (Lipinski definition) is 4. The van der Waals surface area contributed by atoms with Gasteiger partial charge in [-0.1, -0.05) is 30.3 Å². The van der Waals surface area contributed by atoms with E-state index >= 15 is 0 Å². The second kappa shape index (κ2) is 9.51. The molecule has 4 saturated carbocycles. The van der Waals surface area contributed by atoms with Crippen LogP contribution in [-0.2, 0) is 6.42 Å². The Morgan fingerprint density at radius 1 is 1.03 bits per heavy atom. The summed E-state index contributed by atoms with van der Waals surface area (Å²) >= 11 is 0. The lowest BCUT2D eigenvalue weighted by Crippen LogP contribution is -2.59. The van der Waals surface area contributed by atoms with Gasteiger partial charge in [-0.2, -0.15) is 0 Å². The molecule has 4 bridgehead atoms. The maximum Gasteiger partial charge on any atom is 0.0599 e. The monoisotopic (exact) mass is 425 g/mol. The molecule has 2 atom stereocenters. The molecule has 5 aliphatic rings. The molecular formula is C27H43N3O. The molecule has 5 fully saturated rings. The number of hydrogen-bond donors (Lipinski definition) is 2. The largest absolute Gasteiger partial charge is 0.395 e. The third-order valence-corrected chi connectivity index (χ3v) is 9.21. The molecule has 0 radical (unpaired) electrons. The van der Waals surface area contributed by atoms with Crippen LogP contribution in [-0.4, -0.2) is 73.4 Å². The quantitative estimate of drug-likeness (QED) is 0.636. The minimum atomic E-state index is 0.287. The number of aliphatic hydroxyl groups is 1. The van der Waals surface area contributed by atoms with E-state index in [2.05, 4.69) is 52.5 Å². The van der Waals surface area contributed by atoms with Crippen molar-refractivity contribution in [2.24, 2.45) is 23.2 Å². The van der Waals surface area contributed by atoms with Crippen LogP contribution in [0.5, 0.6) is 0 Å². The number of benzene rings is 1. The van der Waals surface area contributed by atoms with E-state index in [0.29, 0.717) is 11.5 Å². The van der Waals surface area contributed by atoms with E-state index < -0.39 is 0 Å². The molecule has 1 heterocycles. The Morgan fingerprint density at radius 2 is 1.71 bits per heavy atom. The molecule has 172 valence electrons. The van der Waals surface area contributed by atoms with Gasteiger partial charge in [0.2, 0.25) is 0 Å². The summed E-state index contributed by atoms with van der Waals surface area (Å²) in [4.78, 5) is 5.26. The standard InChI is InChI=1S/C27H43N3O/c1-28-18-25(14-21-5-3-2-4-6-21)30-10-9-29(26(19-30)20-31)8-7-27-15-22-11-23(16-27)13-24(12-22)17-27/h2-6,22-26,28,31H,7-20H2,1H3/t22?,23?,24?,25-,26+,27?/m1/s1. The summed E-state index contributed by atoms with van der Waals surface area (Å²) in [6, 6.07) is 11.7. The van der Waals surface area contributed by atoms with Gasteiger partial charge in [0.05, 0.1) is 6.61 Å². The molecule has 4 nitrogen and oxygen atoms in total. The third kappa shape index (κ3) is 4.88. The first-order chi connectivity index (χ1) is 15.2. The Morgan fingerprint density at radius 3 is 2.32 bits per heavy atom. The number of nitrogens with one attached hydrogen (secondary N) is 1. The fourth-order valence-electron chi connectivity index (χ4n) is 8.15. The normalized spacial score (nSPS) is 36.7. The van der Waals surface area contributed by atoms with Gasteiger partial charge < -0.3 is 10.4 Å². The zero-order chi connectivity index (χ0) is 21.3. The molecule has 4 heteroatoms. The highest BCUT2D eigenvalue weighted by Crippen LogP contribution is 2.61. The van der Waals surface area contributed by atoms with Crippen molar-refractivity contribution in [3.05, 3.63) is 35.9 Å². The van der Waals surface area contributed by atoms with Crippen molar-refractivity contribution in [1.82, 2.24) is 15.1 Å². The zero-order valence-electron chi connectivity index (χ0n) is 19.5. The number of nitrogens with zero attached hydrogens (tertiary/aromatic N) is 2. The average molecular weight is 426 g/mol. The molecule has 31 heavy (non-hydrogen) atoms. The van der Waals surface area contributed by atoms with Crippen LogP contribution in [0, 0.1) is 23.2 Å². The van der Waals surface area contributed by atoms with Crippen LogP contribution in [0.4, 0.5) is 0 Å². The molecular weight excluding hydrogens is 382 g/mol. The Labute approximate surface area is 189 Å². The summed E-state index contributed by atoms with van der Waals surface area (Å²) in [5.74, 6) is 3.12. The summed E-state index contributed by atoms with van der Waals surface area (Å²) in [5.41, 5.74) is 2.06. The van der Waals surface area contributed by atoms with E-state index in [9.17, 15) is 5.11 Å². The first kappa shape index (κ1) is 21.9. The molecule has 0 amide bonds. The van der Waals surface area contributed by atoms with Gasteiger partial charge in [-0.25, -0.2) is 0 Å². The minimum Gasteiger partial charge on any atom is -0.395 e. The maximum atomic E-state index is 10.3. The highest BCUT2D eigenvalue weighted by Gasteiger charge is 2.50. The minimum absolute atomic E-state index is 0.287. The van der Waals surface area contributed by atoms with Gasteiger partial charge in [0, 0.05) is 38.3 Å². The van der Waals surface area contributed by atoms with Crippen LogP contribution in [0.15, 0.2) is 30.3 Å². The topological polar surface area (TPSA) is 38.7 Å². The van der Waals surface area contributed by atoms with Crippen molar-refractivity contribution >= 4 is 0 Å². The molecule has 4 aliphatic carbocycles. The van der Waals surface area contributed by atoms with E-state index in [1.165, 1.54) is 57.1 Å². The fourth-order valence-corrected chi connectivity index (χ4v) is 8.15. The predicted octanol–water partition coefficient (Wildman–Crippen LogP) is 3.40. The first-order valence-corrected chi connectivity index (χ1v) is 12.9. The molecule has 1 saturated heterocycles. The van der Waals surface area contributed by atoms with Crippen molar-refractivity contribution in [3.8, 4) is 0 Å². The van der Waals surface area contributed by atoms with Gasteiger partial charge in [-0.3, -0.25) is 9.80 Å². The molecule has 0 unspecified atom stereocenters. The Hall–Kier alpha value is -0.940. The fraction of sp³-hybridized carbons (Fsp3) is 0.778. The number of aliphatic hydroxyl groups excluding tert-OH is 1. The predicted molar refractivity (Wildman–Crippen MR) is 127 cm³/mol. The lowest BCUT2D eigenvalue weighted by molar-refractivity contribution is -0.0674. The van der Waals surface area contributed by atoms with E-state index in [1.54, 1.807) is 0 Å². The smallest absolute Gasteiger partial charge is 0.0599 e. The summed E-state index contributed by atoms with van der Waals surface area (Å²) in [6.07, 6.45) is 11.6. The summed E-state index contributed by atoms with van der Waals surface area (Å²) in [5, 5.41) is 13.7. The molecule has 1 aromatic carbocycles. The van der Waals surface area contributed by atoms with Crippen LogP contribution < -0.4 is 5.32 Å². The van der Waals surface area contributed by atoms with Crippen molar-refractivity contribution < 1.29 is 5.11 Å². The van der Waals surface area contributed by atoms with Crippen LogP contribution in [0.2, 0.25) is 0 Å². The van der Waals surface area contributed by atoms with Gasteiger partial charge in [0.1, 0.15) is 0 Å². The van der Waals surface area contributed by atoms with Gasteiger partial charge in [-0.05, 0) is 93.7 Å². The summed E-state index contributed by atoms with van der Waals surface area (Å²) in [6.45, 7) is 5.70. The van der Waals surface area contributed by atoms with Gasteiger partial charge in [-0.15, -0.1) is 0 Å². The Balaban J connectivity index is 1.18. The lowest BCUT2D eigenvalue weighted by atomic mass is 9.49. The Kier molecular flexibility index (Phi) is 6.71. The van der Waals surface area contributed by atoms with Crippen LogP contribution in [0.1, 0.15) is 50.5 Å². The van der Waals surface area contributed by atoms with Crippen molar-refractivity contribution in [1.29, 1.82) is 0 Å². The van der Waals surface area contributed by atoms with Crippen molar-refractivity contribution in [3.63, 3.8) is 0 Å². The average Bonchev–Trinajstić information content (AvgIpc) is 2.77. The van der Waals surface area contributed by atoms with E-state index in [1.807, 2.05) is 0 Å². The van der Waals surface area contributed by atoms with E-state index in [-0.39, 0.29) is 12.6 Å². The van der Waals surface area contributed by atoms with Crippen LogP contribution >= 0.6 is 0 Å². The number of likely N-dealkylation sites (N-methyl/N-ethyl adjacent to an activating group) is 1. The summed E-state index contributed by atoms with van der Waals surface area (Å²) in [7, 11) is 2.06. The molecule has 1 aromatic rings. The van der Waals surface area contributed by atoms with Crippen LogP contribution in [0.25, 0.3) is 0 Å². The second-order valence-electron chi connectivity index (χ2n) is 11.4. The van der Waals surface area contributed by atoms with Gasteiger partial charge >= 0.3 is 0 Å². The van der Waals surface area contributed by atoms with Gasteiger partial charge in [0.25, 0.3) is 0 Å². The Bertz CT molecular complexity index is 672. The van der Waals surface area contributed by atoms with Crippen molar-refractivity contribution in [2.75, 3.05) is 46.4 Å². The third-order valence-electron chi connectivity index (χ3n) is 9.21. The van der Waals surface area contributed by atoms with E-state index in [0.717, 1.165) is 50.4 Å². The molecule has 0 spiro atoms.